The molecular formula is C14H21N3O4. The van der Waals surface area contributed by atoms with E-state index in [1.807, 2.05) is 19.0 Å². The molecule has 0 aliphatic rings. The van der Waals surface area contributed by atoms with Gasteiger partial charge in [-0.2, -0.15) is 0 Å². The van der Waals surface area contributed by atoms with Crippen LogP contribution < -0.4 is 5.32 Å². The van der Waals surface area contributed by atoms with Gasteiger partial charge < -0.3 is 15.3 Å². The van der Waals surface area contributed by atoms with Crippen LogP contribution in [0.3, 0.4) is 0 Å². The van der Waals surface area contributed by atoms with E-state index < -0.39 is 10.5 Å². The molecule has 0 aromatic heterocycles. The van der Waals surface area contributed by atoms with Crippen molar-refractivity contribution in [2.24, 2.45) is 0 Å². The second-order valence-electron chi connectivity index (χ2n) is 5.68. The number of hydrogen-bond acceptors (Lipinski definition) is 5. The van der Waals surface area contributed by atoms with Crippen LogP contribution in [0.4, 0.5) is 5.69 Å². The molecule has 0 aliphatic heterocycles. The van der Waals surface area contributed by atoms with Crippen molar-refractivity contribution in [1.29, 1.82) is 0 Å². The van der Waals surface area contributed by atoms with Crippen LogP contribution >= 0.6 is 0 Å². The first kappa shape index (κ1) is 17.1. The van der Waals surface area contributed by atoms with Gasteiger partial charge in [0.25, 0.3) is 11.6 Å². The second kappa shape index (κ2) is 6.64. The second-order valence-corrected chi connectivity index (χ2v) is 5.68. The Hall–Kier alpha value is -1.99. The highest BCUT2D eigenvalue weighted by molar-refractivity contribution is 5.94. The summed E-state index contributed by atoms with van der Waals surface area (Å²) in [6, 6.07) is 4.18. The first-order valence-electron chi connectivity index (χ1n) is 6.53. The Labute approximate surface area is 123 Å². The number of nitro groups is 1. The minimum absolute atomic E-state index is 0.0221. The number of nitrogens with zero attached hydrogens (tertiary/aromatic N) is 2. The number of nitro benzene ring substituents is 1. The summed E-state index contributed by atoms with van der Waals surface area (Å²) in [6.07, 6.45) is 0. The predicted molar refractivity (Wildman–Crippen MR) is 79.3 cm³/mol. The van der Waals surface area contributed by atoms with Crippen LogP contribution in [0, 0.1) is 17.0 Å². The number of benzene rings is 1. The monoisotopic (exact) mass is 295 g/mol. The molecule has 1 aromatic carbocycles. The highest BCUT2D eigenvalue weighted by atomic mass is 16.6. The molecule has 0 spiro atoms. The summed E-state index contributed by atoms with van der Waals surface area (Å²) in [5, 5.41) is 23.5. The molecule has 0 heterocycles. The number of aryl methyl sites for hydroxylation is 1. The summed E-state index contributed by atoms with van der Waals surface area (Å²) < 4.78 is 0. The zero-order valence-corrected chi connectivity index (χ0v) is 12.7. The molecule has 0 fully saturated rings. The first-order valence-corrected chi connectivity index (χ1v) is 6.53. The lowest BCUT2D eigenvalue weighted by Crippen LogP contribution is -2.47. The Morgan fingerprint density at radius 2 is 2.10 bits per heavy atom. The minimum Gasteiger partial charge on any atom is -0.387 e. The topological polar surface area (TPSA) is 95.7 Å². The molecule has 0 saturated heterocycles. The van der Waals surface area contributed by atoms with Crippen LogP contribution in [0.25, 0.3) is 0 Å². The summed E-state index contributed by atoms with van der Waals surface area (Å²) in [4.78, 5) is 24.1. The Morgan fingerprint density at radius 3 is 2.57 bits per heavy atom. The van der Waals surface area contributed by atoms with Gasteiger partial charge >= 0.3 is 0 Å². The summed E-state index contributed by atoms with van der Waals surface area (Å²) in [6.45, 7) is 3.72. The fraction of sp³-hybridized carbons (Fsp3) is 0.500. The van der Waals surface area contributed by atoms with Gasteiger partial charge in [-0.1, -0.05) is 0 Å². The maximum Gasteiger partial charge on any atom is 0.272 e. The van der Waals surface area contributed by atoms with Crippen molar-refractivity contribution >= 4 is 11.6 Å². The molecule has 21 heavy (non-hydrogen) atoms. The zero-order valence-electron chi connectivity index (χ0n) is 12.7. The highest BCUT2D eigenvalue weighted by Crippen LogP contribution is 2.18. The Bertz CT molecular complexity index is 541. The zero-order chi connectivity index (χ0) is 16.2. The Kier molecular flexibility index (Phi) is 5.40. The van der Waals surface area contributed by atoms with Crippen molar-refractivity contribution in [3.8, 4) is 0 Å². The molecule has 0 saturated carbocycles. The van der Waals surface area contributed by atoms with Crippen molar-refractivity contribution in [2.75, 3.05) is 27.2 Å². The van der Waals surface area contributed by atoms with E-state index in [0.717, 1.165) is 0 Å². The number of rotatable bonds is 6. The number of aliphatic hydroxyl groups is 1. The van der Waals surface area contributed by atoms with Crippen LogP contribution in [0.2, 0.25) is 0 Å². The molecule has 1 aromatic rings. The van der Waals surface area contributed by atoms with Crippen molar-refractivity contribution < 1.29 is 14.8 Å². The molecule has 0 radical (unpaired) electrons. The SMILES string of the molecule is Cc1cc(C(=O)NCC(C)(O)CN(C)C)ccc1[N+](=O)[O-]. The van der Waals surface area contributed by atoms with Gasteiger partial charge in [0, 0.05) is 30.3 Å². The van der Waals surface area contributed by atoms with Crippen molar-refractivity contribution in [1.82, 2.24) is 10.2 Å². The molecule has 7 heteroatoms. The van der Waals surface area contributed by atoms with E-state index in [9.17, 15) is 20.0 Å². The van der Waals surface area contributed by atoms with E-state index in [1.54, 1.807) is 13.8 Å². The molecule has 1 amide bonds. The third-order valence-corrected chi connectivity index (χ3v) is 2.94. The van der Waals surface area contributed by atoms with Gasteiger partial charge in [0.1, 0.15) is 0 Å². The van der Waals surface area contributed by atoms with Gasteiger partial charge in [-0.25, -0.2) is 0 Å². The summed E-state index contributed by atoms with van der Waals surface area (Å²) in [5.41, 5.74) is -0.313. The standard InChI is InChI=1S/C14H21N3O4/c1-10-7-11(5-6-12(10)17(20)21)13(18)15-8-14(2,19)9-16(3)4/h5-7,19H,8-9H2,1-4H3,(H,15,18). The molecular weight excluding hydrogens is 274 g/mol. The number of nitrogens with one attached hydrogen (secondary N) is 1. The molecule has 2 N–H and O–H groups in total. The smallest absolute Gasteiger partial charge is 0.272 e. The molecule has 0 bridgehead atoms. The molecule has 1 rings (SSSR count). The van der Waals surface area contributed by atoms with Crippen LogP contribution in [0.1, 0.15) is 22.8 Å². The largest absolute Gasteiger partial charge is 0.387 e. The van der Waals surface area contributed by atoms with Gasteiger partial charge in [0.05, 0.1) is 10.5 Å². The van der Waals surface area contributed by atoms with Crippen LogP contribution in [0.5, 0.6) is 0 Å². The van der Waals surface area contributed by atoms with E-state index in [4.69, 9.17) is 0 Å². The fourth-order valence-electron chi connectivity index (χ4n) is 2.11. The van der Waals surface area contributed by atoms with Crippen LogP contribution in [-0.2, 0) is 0 Å². The molecule has 0 aliphatic carbocycles. The lowest BCUT2D eigenvalue weighted by Gasteiger charge is -2.27. The number of amides is 1. The van der Waals surface area contributed by atoms with Crippen LogP contribution in [-0.4, -0.2) is 53.6 Å². The summed E-state index contributed by atoms with van der Waals surface area (Å²) in [5.74, 6) is -0.368. The molecule has 1 unspecified atom stereocenters. The van der Waals surface area contributed by atoms with E-state index in [2.05, 4.69) is 5.32 Å². The van der Waals surface area contributed by atoms with Crippen LogP contribution in [0.15, 0.2) is 18.2 Å². The lowest BCUT2D eigenvalue weighted by atomic mass is 10.1. The number of likely N-dealkylation sites (N-methyl/N-ethyl adjacent to an activating group) is 1. The maximum atomic E-state index is 12.0. The summed E-state index contributed by atoms with van der Waals surface area (Å²) >= 11 is 0. The van der Waals surface area contributed by atoms with Gasteiger partial charge in [-0.15, -0.1) is 0 Å². The Morgan fingerprint density at radius 1 is 1.48 bits per heavy atom. The number of carbonyl (C=O) groups is 1. The third-order valence-electron chi connectivity index (χ3n) is 2.94. The van der Waals surface area contributed by atoms with E-state index in [-0.39, 0.29) is 18.1 Å². The van der Waals surface area contributed by atoms with E-state index >= 15 is 0 Å². The first-order chi connectivity index (χ1) is 9.62. The van der Waals surface area contributed by atoms with Gasteiger partial charge in [0.2, 0.25) is 0 Å². The molecule has 1 atom stereocenters. The van der Waals surface area contributed by atoms with Gasteiger partial charge in [-0.05, 0) is 40.1 Å². The predicted octanol–water partition coefficient (Wildman–Crippen LogP) is 0.946. The fourth-order valence-corrected chi connectivity index (χ4v) is 2.11. The summed E-state index contributed by atoms with van der Waals surface area (Å²) in [7, 11) is 3.66. The average molecular weight is 295 g/mol. The minimum atomic E-state index is -1.05. The van der Waals surface area contributed by atoms with Crippen molar-refractivity contribution in [3.63, 3.8) is 0 Å². The average Bonchev–Trinajstić information content (AvgIpc) is 2.33. The van der Waals surface area contributed by atoms with E-state index in [0.29, 0.717) is 17.7 Å². The maximum absolute atomic E-state index is 12.0. The van der Waals surface area contributed by atoms with Gasteiger partial charge in [-0.3, -0.25) is 14.9 Å². The number of carbonyl (C=O) groups excluding carboxylic acids is 1. The van der Waals surface area contributed by atoms with E-state index in [1.165, 1.54) is 18.2 Å². The Balaban J connectivity index is 2.73. The third kappa shape index (κ3) is 5.13. The molecule has 116 valence electrons. The molecule has 7 nitrogen and oxygen atoms in total. The number of hydrogen-bond donors (Lipinski definition) is 2. The van der Waals surface area contributed by atoms with Gasteiger partial charge in [0.15, 0.2) is 0 Å². The lowest BCUT2D eigenvalue weighted by molar-refractivity contribution is -0.385. The van der Waals surface area contributed by atoms with Crippen molar-refractivity contribution in [2.45, 2.75) is 19.4 Å². The quantitative estimate of drug-likeness (QED) is 0.601. The highest BCUT2D eigenvalue weighted by Gasteiger charge is 2.22. The van der Waals surface area contributed by atoms with Crippen molar-refractivity contribution in [3.05, 3.63) is 39.4 Å². The normalized spacial score (nSPS) is 13.8.